The van der Waals surface area contributed by atoms with Gasteiger partial charge in [0, 0.05) is 35.5 Å². The largest absolute Gasteiger partial charge is 0.294 e. The Morgan fingerprint density at radius 1 is 1.25 bits per heavy atom. The highest BCUT2D eigenvalue weighted by atomic mass is 16.6. The van der Waals surface area contributed by atoms with E-state index in [2.05, 4.69) is 10.1 Å². The average Bonchev–Trinajstić information content (AvgIpc) is 2.80. The SMILES string of the molecule is Cc1cc2nc(-c3ccc([N+](=O)[O-])cc3)cc(=O)n2[nH]1. The molecule has 0 aliphatic carbocycles. The fraction of sp³-hybridized carbons (Fsp3) is 0.0769. The highest BCUT2D eigenvalue weighted by Gasteiger charge is 2.09. The molecule has 0 amide bonds. The van der Waals surface area contributed by atoms with Crippen molar-refractivity contribution >= 4 is 11.3 Å². The van der Waals surface area contributed by atoms with Crippen molar-refractivity contribution in [3.63, 3.8) is 0 Å². The topological polar surface area (TPSA) is 93.3 Å². The maximum Gasteiger partial charge on any atom is 0.273 e. The predicted molar refractivity (Wildman–Crippen MR) is 72.6 cm³/mol. The minimum absolute atomic E-state index is 0.00374. The molecule has 1 aromatic carbocycles. The molecule has 0 spiro atoms. The summed E-state index contributed by atoms with van der Waals surface area (Å²) in [6.45, 7) is 1.83. The molecule has 3 rings (SSSR count). The number of benzene rings is 1. The second-order valence-electron chi connectivity index (χ2n) is 4.42. The zero-order chi connectivity index (χ0) is 14.3. The number of H-pyrrole nitrogens is 1. The smallest absolute Gasteiger partial charge is 0.273 e. The number of nitro groups is 1. The zero-order valence-corrected chi connectivity index (χ0v) is 10.5. The summed E-state index contributed by atoms with van der Waals surface area (Å²) in [5.41, 5.74) is 2.28. The van der Waals surface area contributed by atoms with Gasteiger partial charge in [-0.3, -0.25) is 20.0 Å². The first-order valence-corrected chi connectivity index (χ1v) is 5.89. The molecule has 0 fully saturated rings. The van der Waals surface area contributed by atoms with Crippen molar-refractivity contribution in [3.05, 3.63) is 62.6 Å². The summed E-state index contributed by atoms with van der Waals surface area (Å²) in [4.78, 5) is 26.5. The van der Waals surface area contributed by atoms with E-state index >= 15 is 0 Å². The van der Waals surface area contributed by atoms with E-state index in [0.29, 0.717) is 16.9 Å². The van der Waals surface area contributed by atoms with Crippen molar-refractivity contribution in [3.8, 4) is 11.3 Å². The minimum atomic E-state index is -0.467. The number of hydrogen-bond acceptors (Lipinski definition) is 4. The molecule has 0 bridgehead atoms. The summed E-state index contributed by atoms with van der Waals surface area (Å²) in [5.74, 6) is 0. The van der Waals surface area contributed by atoms with Crippen molar-refractivity contribution in [1.29, 1.82) is 0 Å². The lowest BCUT2D eigenvalue weighted by molar-refractivity contribution is -0.384. The Balaban J connectivity index is 2.14. The number of nitro benzene ring substituents is 1. The van der Waals surface area contributed by atoms with Gasteiger partial charge in [-0.05, 0) is 19.1 Å². The summed E-state index contributed by atoms with van der Waals surface area (Å²) < 4.78 is 1.35. The van der Waals surface area contributed by atoms with Crippen molar-refractivity contribution in [2.75, 3.05) is 0 Å². The van der Waals surface area contributed by atoms with Gasteiger partial charge >= 0.3 is 0 Å². The summed E-state index contributed by atoms with van der Waals surface area (Å²) >= 11 is 0. The van der Waals surface area contributed by atoms with Crippen LogP contribution in [0.15, 0.2) is 41.2 Å². The van der Waals surface area contributed by atoms with Gasteiger partial charge in [0.25, 0.3) is 11.2 Å². The quantitative estimate of drug-likeness (QED) is 0.568. The van der Waals surface area contributed by atoms with Crippen LogP contribution in [0.3, 0.4) is 0 Å². The molecular weight excluding hydrogens is 260 g/mol. The van der Waals surface area contributed by atoms with Gasteiger partial charge in [0.05, 0.1) is 10.6 Å². The van der Waals surface area contributed by atoms with Gasteiger partial charge in [-0.15, -0.1) is 0 Å². The van der Waals surface area contributed by atoms with Crippen LogP contribution in [-0.4, -0.2) is 19.5 Å². The van der Waals surface area contributed by atoms with Gasteiger partial charge in [0.1, 0.15) is 0 Å². The predicted octanol–water partition coefficient (Wildman–Crippen LogP) is 1.91. The zero-order valence-electron chi connectivity index (χ0n) is 10.5. The third-order valence-electron chi connectivity index (χ3n) is 2.95. The molecule has 7 nitrogen and oxygen atoms in total. The van der Waals surface area contributed by atoms with Crippen molar-refractivity contribution < 1.29 is 4.92 Å². The highest BCUT2D eigenvalue weighted by molar-refractivity contribution is 5.62. The molecule has 0 atom stereocenters. The number of aryl methyl sites for hydroxylation is 1. The Morgan fingerprint density at radius 3 is 2.60 bits per heavy atom. The molecule has 2 aromatic heterocycles. The Labute approximate surface area is 112 Å². The van der Waals surface area contributed by atoms with Crippen LogP contribution in [0.2, 0.25) is 0 Å². The normalized spacial score (nSPS) is 10.8. The number of aromatic nitrogens is 3. The molecule has 7 heteroatoms. The number of hydrogen-bond donors (Lipinski definition) is 1. The van der Waals surface area contributed by atoms with Gasteiger partial charge in [-0.25, -0.2) is 9.50 Å². The lowest BCUT2D eigenvalue weighted by Gasteiger charge is -2.01. The van der Waals surface area contributed by atoms with Crippen LogP contribution in [-0.2, 0) is 0 Å². The van der Waals surface area contributed by atoms with E-state index in [1.165, 1.54) is 22.7 Å². The molecule has 0 unspecified atom stereocenters. The van der Waals surface area contributed by atoms with Gasteiger partial charge in [-0.2, -0.15) is 0 Å². The third-order valence-corrected chi connectivity index (χ3v) is 2.95. The van der Waals surface area contributed by atoms with Gasteiger partial charge in [0.15, 0.2) is 5.65 Å². The number of nitrogens with one attached hydrogen (secondary N) is 1. The summed E-state index contributed by atoms with van der Waals surface area (Å²) in [6, 6.07) is 9.09. The Bertz CT molecular complexity index is 861. The number of rotatable bonds is 2. The number of non-ortho nitro benzene ring substituents is 1. The first-order chi connectivity index (χ1) is 9.54. The fourth-order valence-corrected chi connectivity index (χ4v) is 2.01. The van der Waals surface area contributed by atoms with Crippen LogP contribution in [0.1, 0.15) is 5.69 Å². The van der Waals surface area contributed by atoms with E-state index in [1.54, 1.807) is 18.2 Å². The summed E-state index contributed by atoms with van der Waals surface area (Å²) in [5, 5.41) is 13.5. The molecule has 0 aliphatic rings. The molecule has 20 heavy (non-hydrogen) atoms. The number of nitrogens with zero attached hydrogens (tertiary/aromatic N) is 3. The molecule has 100 valence electrons. The van der Waals surface area contributed by atoms with Crippen molar-refractivity contribution in [2.24, 2.45) is 0 Å². The maximum atomic E-state index is 11.9. The van der Waals surface area contributed by atoms with Crippen LogP contribution in [0, 0.1) is 17.0 Å². The standard InChI is InChI=1S/C13H10N4O3/c1-8-6-12-14-11(7-13(18)16(12)15-8)9-2-4-10(5-3-9)17(19)20/h2-7,15H,1H3. The first kappa shape index (κ1) is 12.1. The van der Waals surface area contributed by atoms with E-state index in [1.807, 2.05) is 6.92 Å². The summed E-state index contributed by atoms with van der Waals surface area (Å²) in [6.07, 6.45) is 0. The Hall–Kier alpha value is -2.96. The highest BCUT2D eigenvalue weighted by Crippen LogP contribution is 2.20. The van der Waals surface area contributed by atoms with Gasteiger partial charge in [-0.1, -0.05) is 0 Å². The van der Waals surface area contributed by atoms with Crippen LogP contribution in [0.5, 0.6) is 0 Å². The number of fused-ring (bicyclic) bond motifs is 1. The molecule has 0 radical (unpaired) electrons. The van der Waals surface area contributed by atoms with Crippen molar-refractivity contribution in [1.82, 2.24) is 14.6 Å². The van der Waals surface area contributed by atoms with E-state index < -0.39 is 4.92 Å². The Morgan fingerprint density at radius 2 is 1.95 bits per heavy atom. The molecular formula is C13H10N4O3. The van der Waals surface area contributed by atoms with Crippen LogP contribution >= 0.6 is 0 Å². The van der Waals surface area contributed by atoms with E-state index in [-0.39, 0.29) is 11.2 Å². The molecule has 0 aliphatic heterocycles. The Kier molecular flexibility index (Phi) is 2.60. The van der Waals surface area contributed by atoms with E-state index in [9.17, 15) is 14.9 Å². The molecule has 2 heterocycles. The molecule has 3 aromatic rings. The average molecular weight is 270 g/mol. The maximum absolute atomic E-state index is 11.9. The lowest BCUT2D eigenvalue weighted by Crippen LogP contribution is -2.14. The fourth-order valence-electron chi connectivity index (χ4n) is 2.01. The van der Waals surface area contributed by atoms with E-state index in [4.69, 9.17) is 0 Å². The number of aromatic amines is 1. The summed E-state index contributed by atoms with van der Waals surface area (Å²) in [7, 11) is 0. The molecule has 0 saturated carbocycles. The van der Waals surface area contributed by atoms with Crippen LogP contribution < -0.4 is 5.56 Å². The van der Waals surface area contributed by atoms with Crippen molar-refractivity contribution in [2.45, 2.75) is 6.92 Å². The lowest BCUT2D eigenvalue weighted by atomic mass is 10.1. The second-order valence-corrected chi connectivity index (χ2v) is 4.42. The van der Waals surface area contributed by atoms with E-state index in [0.717, 1.165) is 5.69 Å². The third kappa shape index (κ3) is 1.95. The minimum Gasteiger partial charge on any atom is -0.294 e. The van der Waals surface area contributed by atoms with Gasteiger partial charge < -0.3 is 0 Å². The molecule has 0 saturated heterocycles. The second kappa shape index (κ2) is 4.30. The van der Waals surface area contributed by atoms with Crippen LogP contribution in [0.4, 0.5) is 5.69 Å². The molecule has 1 N–H and O–H groups in total. The van der Waals surface area contributed by atoms with Gasteiger partial charge in [0.2, 0.25) is 0 Å². The monoisotopic (exact) mass is 270 g/mol. The van der Waals surface area contributed by atoms with Crippen LogP contribution in [0.25, 0.3) is 16.9 Å². The first-order valence-electron chi connectivity index (χ1n) is 5.89.